The van der Waals surface area contributed by atoms with Gasteiger partial charge in [-0.15, -0.1) is 5.10 Å². The van der Waals surface area contributed by atoms with Crippen LogP contribution in [0.1, 0.15) is 29.3 Å². The second-order valence-electron chi connectivity index (χ2n) is 8.56. The van der Waals surface area contributed by atoms with Crippen LogP contribution in [0, 0.1) is 0 Å². The summed E-state index contributed by atoms with van der Waals surface area (Å²) in [5, 5.41) is 17.0. The van der Waals surface area contributed by atoms with E-state index >= 15 is 0 Å². The molecule has 0 bridgehead atoms. The first-order valence-corrected chi connectivity index (χ1v) is 12.6. The Hall–Kier alpha value is -3.96. The van der Waals surface area contributed by atoms with Crippen molar-refractivity contribution >= 4 is 34.9 Å². The van der Waals surface area contributed by atoms with Crippen LogP contribution in [-0.4, -0.2) is 84.4 Å². The van der Waals surface area contributed by atoms with Crippen molar-refractivity contribution in [3.8, 4) is 0 Å². The van der Waals surface area contributed by atoms with Gasteiger partial charge in [0.2, 0.25) is 5.95 Å². The van der Waals surface area contributed by atoms with E-state index in [4.69, 9.17) is 9.72 Å². The van der Waals surface area contributed by atoms with Crippen molar-refractivity contribution < 1.29 is 14.3 Å². The SMILES string of the molecule is CCOC(=O)N1CC=C(c2cccn3nc(Nc4ccc(C(=O)NCCNCCNC)cc4)nc23)CC1. The number of nitrogens with zero attached hydrogens (tertiary/aromatic N) is 4. The normalized spacial score (nSPS) is 13.4. The van der Waals surface area contributed by atoms with Crippen LogP contribution in [-0.2, 0) is 4.74 Å². The first-order chi connectivity index (χ1) is 18.1. The molecule has 0 fully saturated rings. The van der Waals surface area contributed by atoms with Crippen LogP contribution in [0.4, 0.5) is 16.4 Å². The Morgan fingerprint density at radius 1 is 1.08 bits per heavy atom. The molecule has 1 aromatic carbocycles. The number of aromatic nitrogens is 3. The molecule has 4 N–H and O–H groups in total. The van der Waals surface area contributed by atoms with Crippen LogP contribution in [0.3, 0.4) is 0 Å². The summed E-state index contributed by atoms with van der Waals surface area (Å²) < 4.78 is 6.84. The molecule has 0 saturated carbocycles. The summed E-state index contributed by atoms with van der Waals surface area (Å²) in [6, 6.07) is 11.2. The highest BCUT2D eigenvalue weighted by Crippen LogP contribution is 2.26. The van der Waals surface area contributed by atoms with Crippen molar-refractivity contribution in [2.45, 2.75) is 13.3 Å². The first kappa shape index (κ1) is 26.1. The highest BCUT2D eigenvalue weighted by molar-refractivity contribution is 5.94. The standard InChI is InChI=1S/C26H34N8O3/c1-3-37-26(36)33-17-10-19(11-18-33)22-5-4-16-34-23(22)31-25(32-34)30-21-8-6-20(7-9-21)24(35)29-15-14-28-13-12-27-2/h4-10,16,27-28H,3,11-15,17-18H2,1-2H3,(H,29,35)(H,30,32). The lowest BCUT2D eigenvalue weighted by Crippen LogP contribution is -2.35. The van der Waals surface area contributed by atoms with Gasteiger partial charge in [0.05, 0.1) is 6.61 Å². The van der Waals surface area contributed by atoms with Gasteiger partial charge in [-0.2, -0.15) is 4.98 Å². The number of hydrogen-bond donors (Lipinski definition) is 4. The molecule has 0 atom stereocenters. The Bertz CT molecular complexity index is 1240. The predicted octanol–water partition coefficient (Wildman–Crippen LogP) is 2.26. The molecule has 1 aliphatic rings. The highest BCUT2D eigenvalue weighted by Gasteiger charge is 2.20. The average molecular weight is 507 g/mol. The van der Waals surface area contributed by atoms with Gasteiger partial charge in [-0.05, 0) is 62.4 Å². The van der Waals surface area contributed by atoms with Gasteiger partial charge in [-0.1, -0.05) is 6.08 Å². The van der Waals surface area contributed by atoms with Crippen molar-refractivity contribution in [1.82, 2.24) is 35.4 Å². The molecule has 0 spiro atoms. The topological polar surface area (TPSA) is 125 Å². The molecule has 3 heterocycles. The smallest absolute Gasteiger partial charge is 0.410 e. The number of ether oxygens (including phenoxy) is 1. The lowest BCUT2D eigenvalue weighted by atomic mass is 10.0. The van der Waals surface area contributed by atoms with E-state index < -0.39 is 0 Å². The molecular weight excluding hydrogens is 472 g/mol. The maximum Gasteiger partial charge on any atom is 0.410 e. The fourth-order valence-electron chi connectivity index (χ4n) is 4.04. The minimum absolute atomic E-state index is 0.111. The van der Waals surface area contributed by atoms with E-state index in [1.165, 1.54) is 0 Å². The second kappa shape index (κ2) is 12.8. The highest BCUT2D eigenvalue weighted by atomic mass is 16.6. The maximum absolute atomic E-state index is 12.4. The largest absolute Gasteiger partial charge is 0.450 e. The summed E-state index contributed by atoms with van der Waals surface area (Å²) in [4.78, 5) is 30.7. The van der Waals surface area contributed by atoms with Gasteiger partial charge >= 0.3 is 6.09 Å². The first-order valence-electron chi connectivity index (χ1n) is 12.6. The van der Waals surface area contributed by atoms with E-state index in [0.29, 0.717) is 44.2 Å². The van der Waals surface area contributed by atoms with Gasteiger partial charge in [0, 0.05) is 62.3 Å². The number of anilines is 2. The zero-order valence-corrected chi connectivity index (χ0v) is 21.3. The van der Waals surface area contributed by atoms with E-state index in [1.807, 2.05) is 43.6 Å². The van der Waals surface area contributed by atoms with Crippen molar-refractivity contribution in [3.05, 3.63) is 59.8 Å². The Morgan fingerprint density at radius 3 is 2.62 bits per heavy atom. The second-order valence-corrected chi connectivity index (χ2v) is 8.56. The Labute approximate surface area is 216 Å². The van der Waals surface area contributed by atoms with Gasteiger partial charge in [-0.25, -0.2) is 9.31 Å². The van der Waals surface area contributed by atoms with Crippen LogP contribution in [0.15, 0.2) is 48.7 Å². The fraction of sp³-hybridized carbons (Fsp3) is 0.385. The van der Waals surface area contributed by atoms with Gasteiger partial charge < -0.3 is 30.9 Å². The zero-order chi connectivity index (χ0) is 26.0. The number of nitrogens with one attached hydrogen (secondary N) is 4. The monoisotopic (exact) mass is 506 g/mol. The molecule has 196 valence electrons. The van der Waals surface area contributed by atoms with E-state index in [0.717, 1.165) is 42.1 Å². The van der Waals surface area contributed by atoms with Crippen molar-refractivity contribution in [2.75, 3.05) is 58.2 Å². The summed E-state index contributed by atoms with van der Waals surface area (Å²) in [6.07, 6.45) is 4.32. The maximum atomic E-state index is 12.4. The number of pyridine rings is 1. The Morgan fingerprint density at radius 2 is 1.89 bits per heavy atom. The third-order valence-electron chi connectivity index (χ3n) is 5.99. The van der Waals surface area contributed by atoms with Gasteiger partial charge in [0.25, 0.3) is 5.91 Å². The average Bonchev–Trinajstić information content (AvgIpc) is 3.34. The van der Waals surface area contributed by atoms with E-state index in [-0.39, 0.29) is 12.0 Å². The molecule has 0 saturated heterocycles. The minimum Gasteiger partial charge on any atom is -0.450 e. The van der Waals surface area contributed by atoms with Gasteiger partial charge in [0.15, 0.2) is 5.65 Å². The number of fused-ring (bicyclic) bond motifs is 1. The molecular formula is C26H34N8O3. The van der Waals surface area contributed by atoms with Crippen molar-refractivity contribution in [1.29, 1.82) is 0 Å². The quantitative estimate of drug-likeness (QED) is 0.292. The molecule has 2 aromatic heterocycles. The molecule has 0 radical (unpaired) electrons. The van der Waals surface area contributed by atoms with Crippen LogP contribution in [0.2, 0.25) is 0 Å². The van der Waals surface area contributed by atoms with Gasteiger partial charge in [0.1, 0.15) is 0 Å². The van der Waals surface area contributed by atoms with Gasteiger partial charge in [-0.3, -0.25) is 4.79 Å². The van der Waals surface area contributed by atoms with Crippen LogP contribution < -0.4 is 21.3 Å². The molecule has 11 heteroatoms. The molecule has 3 aromatic rings. The summed E-state index contributed by atoms with van der Waals surface area (Å²) in [7, 11) is 1.91. The third-order valence-corrected chi connectivity index (χ3v) is 5.99. The van der Waals surface area contributed by atoms with E-state index in [1.54, 1.807) is 28.5 Å². The summed E-state index contributed by atoms with van der Waals surface area (Å²) >= 11 is 0. The summed E-state index contributed by atoms with van der Waals surface area (Å²) in [5.74, 6) is 0.349. The number of amides is 2. The van der Waals surface area contributed by atoms with E-state index in [9.17, 15) is 9.59 Å². The zero-order valence-electron chi connectivity index (χ0n) is 21.3. The predicted molar refractivity (Wildman–Crippen MR) is 143 cm³/mol. The molecule has 4 rings (SSSR count). The number of rotatable bonds is 11. The lowest BCUT2D eigenvalue weighted by Gasteiger charge is -2.25. The Kier molecular flexibility index (Phi) is 9.06. The molecule has 11 nitrogen and oxygen atoms in total. The number of benzene rings is 1. The number of hydrogen-bond acceptors (Lipinski definition) is 8. The summed E-state index contributed by atoms with van der Waals surface area (Å²) in [5.41, 5.74) is 4.22. The molecule has 0 aliphatic carbocycles. The van der Waals surface area contributed by atoms with Crippen LogP contribution in [0.25, 0.3) is 11.2 Å². The number of carbonyl (C=O) groups is 2. The molecule has 0 unspecified atom stereocenters. The molecule has 1 aliphatic heterocycles. The third kappa shape index (κ3) is 6.83. The van der Waals surface area contributed by atoms with Crippen LogP contribution >= 0.6 is 0 Å². The Balaban J connectivity index is 1.37. The fourth-order valence-corrected chi connectivity index (χ4v) is 4.04. The van der Waals surface area contributed by atoms with E-state index in [2.05, 4.69) is 26.4 Å². The molecule has 37 heavy (non-hydrogen) atoms. The lowest BCUT2D eigenvalue weighted by molar-refractivity contribution is 0.0953. The van der Waals surface area contributed by atoms with Crippen molar-refractivity contribution in [2.24, 2.45) is 0 Å². The molecule has 2 amide bonds. The minimum atomic E-state index is -0.286. The summed E-state index contributed by atoms with van der Waals surface area (Å²) in [6.45, 7) is 6.29. The number of carbonyl (C=O) groups excluding carboxylic acids is 2. The van der Waals surface area contributed by atoms with Crippen LogP contribution in [0.5, 0.6) is 0 Å². The van der Waals surface area contributed by atoms with Crippen molar-refractivity contribution in [3.63, 3.8) is 0 Å². The number of likely N-dealkylation sites (N-methyl/N-ethyl adjacent to an activating group) is 1.